The molecule has 0 radical (unpaired) electrons. The molecule has 0 saturated carbocycles. The molecule has 0 bridgehead atoms. The van der Waals surface area contributed by atoms with E-state index in [4.69, 9.17) is 4.74 Å². The van der Waals surface area contributed by atoms with Crippen molar-refractivity contribution in [1.29, 1.82) is 0 Å². The van der Waals surface area contributed by atoms with Crippen LogP contribution in [0, 0.1) is 5.92 Å². The molecule has 4 nitrogen and oxygen atoms in total. The zero-order valence-corrected chi connectivity index (χ0v) is 11.9. The summed E-state index contributed by atoms with van der Waals surface area (Å²) < 4.78 is 29.8. The molecule has 0 aromatic carbocycles. The van der Waals surface area contributed by atoms with E-state index in [-0.39, 0.29) is 12.5 Å². The molecule has 1 unspecified atom stereocenters. The number of likely N-dealkylation sites (tertiary alicyclic amines) is 1. The number of amides is 1. The molecule has 6 heteroatoms. The summed E-state index contributed by atoms with van der Waals surface area (Å²) in [7, 11) is 0. The minimum absolute atomic E-state index is 0.178. The summed E-state index contributed by atoms with van der Waals surface area (Å²) in [6.07, 6.45) is -0.890. The van der Waals surface area contributed by atoms with Gasteiger partial charge in [0.25, 0.3) is 6.43 Å². The molecule has 1 amide bonds. The van der Waals surface area contributed by atoms with Gasteiger partial charge in [0, 0.05) is 13.1 Å². The van der Waals surface area contributed by atoms with Gasteiger partial charge in [-0.2, -0.15) is 0 Å². The molecule has 0 aliphatic carbocycles. The molecular formula is C13H24F2N2O2. The Bertz CT molecular complexity index is 293. The van der Waals surface area contributed by atoms with Crippen molar-refractivity contribution in [3.05, 3.63) is 0 Å². The van der Waals surface area contributed by atoms with Gasteiger partial charge < -0.3 is 10.1 Å². The topological polar surface area (TPSA) is 41.6 Å². The lowest BCUT2D eigenvalue weighted by atomic mass is 9.98. The first-order chi connectivity index (χ1) is 8.76. The zero-order chi connectivity index (χ0) is 14.5. The number of ether oxygens (including phenoxy) is 1. The molecule has 112 valence electrons. The Morgan fingerprint density at radius 1 is 1.47 bits per heavy atom. The Morgan fingerprint density at radius 3 is 2.74 bits per heavy atom. The van der Waals surface area contributed by atoms with Crippen LogP contribution in [0.2, 0.25) is 0 Å². The van der Waals surface area contributed by atoms with Crippen LogP contribution >= 0.6 is 0 Å². The van der Waals surface area contributed by atoms with Crippen LogP contribution in [0.3, 0.4) is 0 Å². The molecule has 1 aliphatic heterocycles. The van der Waals surface area contributed by atoms with Crippen molar-refractivity contribution in [3.8, 4) is 0 Å². The maximum Gasteiger partial charge on any atom is 0.407 e. The summed E-state index contributed by atoms with van der Waals surface area (Å²) in [4.78, 5) is 13.3. The molecule has 1 fully saturated rings. The quantitative estimate of drug-likeness (QED) is 0.859. The lowest BCUT2D eigenvalue weighted by Crippen LogP contribution is -2.43. The number of alkyl halides is 2. The Morgan fingerprint density at radius 2 is 2.16 bits per heavy atom. The summed E-state index contributed by atoms with van der Waals surface area (Å²) in [5, 5.41) is 2.71. The van der Waals surface area contributed by atoms with E-state index in [1.54, 1.807) is 25.7 Å². The molecule has 1 aliphatic rings. The largest absolute Gasteiger partial charge is 0.444 e. The van der Waals surface area contributed by atoms with Crippen LogP contribution in [0.5, 0.6) is 0 Å². The number of halogens is 2. The highest BCUT2D eigenvalue weighted by molar-refractivity contribution is 5.67. The monoisotopic (exact) mass is 278 g/mol. The third-order valence-corrected chi connectivity index (χ3v) is 2.93. The molecule has 1 rings (SSSR count). The summed E-state index contributed by atoms with van der Waals surface area (Å²) in [6.45, 7) is 7.04. The number of nitrogens with one attached hydrogen (secondary N) is 1. The second kappa shape index (κ2) is 7.03. The van der Waals surface area contributed by atoms with E-state index in [1.165, 1.54) is 0 Å². The van der Waals surface area contributed by atoms with E-state index < -0.39 is 18.1 Å². The van der Waals surface area contributed by atoms with Crippen molar-refractivity contribution >= 4 is 6.09 Å². The van der Waals surface area contributed by atoms with E-state index >= 15 is 0 Å². The van der Waals surface area contributed by atoms with E-state index in [9.17, 15) is 13.6 Å². The first-order valence-corrected chi connectivity index (χ1v) is 6.73. The summed E-state index contributed by atoms with van der Waals surface area (Å²) in [6, 6.07) is 0. The van der Waals surface area contributed by atoms with E-state index in [0.717, 1.165) is 12.8 Å². The lowest BCUT2D eigenvalue weighted by molar-refractivity contribution is 0.0469. The van der Waals surface area contributed by atoms with Crippen LogP contribution in [0.4, 0.5) is 13.6 Å². The normalized spacial score (nSPS) is 21.5. The summed E-state index contributed by atoms with van der Waals surface area (Å²) >= 11 is 0. The molecule has 1 atom stereocenters. The number of piperidine rings is 1. The van der Waals surface area contributed by atoms with Crippen LogP contribution < -0.4 is 5.32 Å². The van der Waals surface area contributed by atoms with Crippen LogP contribution in [0.15, 0.2) is 0 Å². The van der Waals surface area contributed by atoms with Gasteiger partial charge in [-0.05, 0) is 46.1 Å². The SMILES string of the molecule is CC(C)(C)OC(=O)NCC1CCCN(CC(F)F)C1. The number of alkyl carbamates (subject to hydrolysis) is 1. The highest BCUT2D eigenvalue weighted by Crippen LogP contribution is 2.17. The molecule has 1 N–H and O–H groups in total. The maximum absolute atomic E-state index is 12.3. The highest BCUT2D eigenvalue weighted by Gasteiger charge is 2.23. The third kappa shape index (κ3) is 7.30. The number of rotatable bonds is 4. The second-order valence-electron chi connectivity index (χ2n) is 6.04. The van der Waals surface area contributed by atoms with Gasteiger partial charge in [-0.1, -0.05) is 0 Å². The van der Waals surface area contributed by atoms with Crippen molar-refractivity contribution in [2.45, 2.75) is 45.6 Å². The van der Waals surface area contributed by atoms with Gasteiger partial charge in [-0.15, -0.1) is 0 Å². The number of hydrogen-bond acceptors (Lipinski definition) is 3. The fourth-order valence-electron chi connectivity index (χ4n) is 2.22. The van der Waals surface area contributed by atoms with Gasteiger partial charge in [-0.25, -0.2) is 13.6 Å². The molecule has 0 spiro atoms. The van der Waals surface area contributed by atoms with Crippen LogP contribution in [0.1, 0.15) is 33.6 Å². The molecule has 0 aromatic heterocycles. The summed E-state index contributed by atoms with van der Waals surface area (Å²) in [5.41, 5.74) is -0.516. The van der Waals surface area contributed by atoms with E-state index in [2.05, 4.69) is 5.32 Å². The number of hydrogen-bond donors (Lipinski definition) is 1. The van der Waals surface area contributed by atoms with Crippen molar-refractivity contribution < 1.29 is 18.3 Å². The highest BCUT2D eigenvalue weighted by atomic mass is 19.3. The van der Waals surface area contributed by atoms with Gasteiger partial charge in [0.1, 0.15) is 5.60 Å². The van der Waals surface area contributed by atoms with E-state index in [1.807, 2.05) is 0 Å². The second-order valence-corrected chi connectivity index (χ2v) is 6.04. The molecule has 0 aromatic rings. The Labute approximate surface area is 113 Å². The van der Waals surface area contributed by atoms with Crippen molar-refractivity contribution in [1.82, 2.24) is 10.2 Å². The smallest absolute Gasteiger partial charge is 0.407 e. The first kappa shape index (κ1) is 16.1. The Kier molecular flexibility index (Phi) is 5.97. The summed E-state index contributed by atoms with van der Waals surface area (Å²) in [5.74, 6) is 0.222. The first-order valence-electron chi connectivity index (χ1n) is 6.73. The molecule has 1 saturated heterocycles. The predicted octanol–water partition coefficient (Wildman–Crippen LogP) is 2.49. The van der Waals surface area contributed by atoms with Crippen LogP contribution in [-0.4, -0.2) is 49.2 Å². The van der Waals surface area contributed by atoms with Gasteiger partial charge in [0.15, 0.2) is 0 Å². The molecular weight excluding hydrogens is 254 g/mol. The minimum Gasteiger partial charge on any atom is -0.444 e. The lowest BCUT2D eigenvalue weighted by Gasteiger charge is -2.32. The van der Waals surface area contributed by atoms with Crippen LogP contribution in [0.25, 0.3) is 0 Å². The average molecular weight is 278 g/mol. The van der Waals surface area contributed by atoms with Crippen LogP contribution in [-0.2, 0) is 4.74 Å². The average Bonchev–Trinajstić information content (AvgIpc) is 2.23. The van der Waals surface area contributed by atoms with E-state index in [0.29, 0.717) is 19.6 Å². The minimum atomic E-state index is -2.29. The van der Waals surface area contributed by atoms with Gasteiger partial charge in [0.2, 0.25) is 0 Å². The Balaban J connectivity index is 2.27. The fourth-order valence-corrected chi connectivity index (χ4v) is 2.22. The molecule has 1 heterocycles. The Hall–Kier alpha value is -0.910. The fraction of sp³-hybridized carbons (Fsp3) is 0.923. The van der Waals surface area contributed by atoms with Crippen molar-refractivity contribution in [2.75, 3.05) is 26.2 Å². The predicted molar refractivity (Wildman–Crippen MR) is 69.4 cm³/mol. The molecule has 19 heavy (non-hydrogen) atoms. The van der Waals surface area contributed by atoms with Crippen molar-refractivity contribution in [3.63, 3.8) is 0 Å². The van der Waals surface area contributed by atoms with Gasteiger partial charge in [-0.3, -0.25) is 4.90 Å². The van der Waals surface area contributed by atoms with Crippen molar-refractivity contribution in [2.24, 2.45) is 5.92 Å². The van der Waals surface area contributed by atoms with Gasteiger partial charge >= 0.3 is 6.09 Å². The maximum atomic E-state index is 12.3. The number of carbonyl (C=O) groups is 1. The number of carbonyl (C=O) groups excluding carboxylic acids is 1. The third-order valence-electron chi connectivity index (χ3n) is 2.93. The standard InChI is InChI=1S/C13H24F2N2O2/c1-13(2,3)19-12(18)16-7-10-5-4-6-17(8-10)9-11(14)15/h10-11H,4-9H2,1-3H3,(H,16,18). The number of nitrogens with zero attached hydrogens (tertiary/aromatic N) is 1. The van der Waals surface area contributed by atoms with Gasteiger partial charge in [0.05, 0.1) is 6.54 Å². The zero-order valence-electron chi connectivity index (χ0n) is 11.9.